The summed E-state index contributed by atoms with van der Waals surface area (Å²) < 4.78 is 209. The molecule has 0 saturated carbocycles. The highest BCUT2D eigenvalue weighted by Crippen LogP contribution is 2.43. The number of rotatable bonds is 12. The molecule has 1 unspecified atom stereocenters. The molecule has 0 radical (unpaired) electrons. The van der Waals surface area contributed by atoms with Crippen molar-refractivity contribution in [3.63, 3.8) is 0 Å². The third-order valence-electron chi connectivity index (χ3n) is 3.99. The number of esters is 2. The number of halogens is 13. The second kappa shape index (κ2) is 11.4. The first kappa shape index (κ1) is 35.6. The minimum atomic E-state index is -6.69. The van der Waals surface area contributed by atoms with E-state index in [0.29, 0.717) is 6.92 Å². The molecule has 0 aliphatic heterocycles. The van der Waals surface area contributed by atoms with Crippen LogP contribution in [0.3, 0.4) is 0 Å². The van der Waals surface area contributed by atoms with Crippen molar-refractivity contribution in [3.05, 3.63) is 12.2 Å². The van der Waals surface area contributed by atoms with E-state index in [4.69, 9.17) is 4.55 Å². The van der Waals surface area contributed by atoms with E-state index in [9.17, 15) is 75.1 Å². The Morgan fingerprint density at radius 1 is 0.868 bits per heavy atom. The zero-order chi connectivity index (χ0) is 30.8. The van der Waals surface area contributed by atoms with Crippen LogP contribution in [0.25, 0.3) is 0 Å². The summed E-state index contributed by atoms with van der Waals surface area (Å²) in [6.07, 6.45) is -29.7. The van der Waals surface area contributed by atoms with Gasteiger partial charge in [0.15, 0.2) is 0 Å². The van der Waals surface area contributed by atoms with Gasteiger partial charge in [-0.3, -0.25) is 4.55 Å². The lowest BCUT2D eigenvalue weighted by Gasteiger charge is -2.34. The van der Waals surface area contributed by atoms with E-state index in [1.165, 1.54) is 0 Å². The van der Waals surface area contributed by atoms with Crippen molar-refractivity contribution in [3.8, 4) is 0 Å². The van der Waals surface area contributed by atoms with Gasteiger partial charge in [0.05, 0.1) is 6.61 Å². The van der Waals surface area contributed by atoms with Gasteiger partial charge >= 0.3 is 57.5 Å². The maximum atomic E-state index is 13.7. The zero-order valence-corrected chi connectivity index (χ0v) is 19.1. The molecular weight excluding hydrogens is 599 g/mol. The van der Waals surface area contributed by atoms with Crippen molar-refractivity contribution >= 4 is 22.1 Å². The third kappa shape index (κ3) is 8.32. The van der Waals surface area contributed by atoms with Gasteiger partial charge in [-0.05, 0) is 19.8 Å². The van der Waals surface area contributed by atoms with Crippen LogP contribution in [0, 0.1) is 0 Å². The van der Waals surface area contributed by atoms with Crippen LogP contribution in [-0.2, 0) is 33.9 Å². The highest BCUT2D eigenvalue weighted by atomic mass is 32.2. The molecule has 224 valence electrons. The average molecular weight is 614 g/mol. The maximum absolute atomic E-state index is 13.7. The highest BCUT2D eigenvalue weighted by molar-refractivity contribution is 7.87. The summed E-state index contributed by atoms with van der Waals surface area (Å²) in [4.78, 5) is 23.5. The predicted octanol–water partition coefficient (Wildman–Crippen LogP) is 4.70. The average Bonchev–Trinajstić information content (AvgIpc) is 2.66. The smallest absolute Gasteiger partial charge is 0.438 e. The Hall–Kier alpha value is -2.36. The number of alkyl halides is 13. The third-order valence-corrected chi connectivity index (χ3v) is 4.93. The summed E-state index contributed by atoms with van der Waals surface area (Å²) in [5.74, 6) is -16.8. The molecule has 0 spiro atoms. The topological polar surface area (TPSA) is 116 Å². The molecule has 0 rings (SSSR count). The van der Waals surface area contributed by atoms with Crippen LogP contribution in [0.2, 0.25) is 0 Å². The van der Waals surface area contributed by atoms with Gasteiger partial charge in [0, 0.05) is 12.0 Å². The normalized spacial score (nSPS) is 15.7. The minimum absolute atomic E-state index is 0.612. The van der Waals surface area contributed by atoms with Crippen molar-refractivity contribution in [1.29, 1.82) is 0 Å². The number of carbonyl (C=O) groups is 2. The van der Waals surface area contributed by atoms with E-state index >= 15 is 0 Å². The summed E-state index contributed by atoms with van der Waals surface area (Å²) >= 11 is 0. The molecule has 0 heterocycles. The minimum Gasteiger partial charge on any atom is -0.438 e. The van der Waals surface area contributed by atoms with E-state index in [1.54, 1.807) is 0 Å². The molecule has 22 heteroatoms. The highest BCUT2D eigenvalue weighted by Gasteiger charge is 2.71. The molecule has 0 aromatic rings. The van der Waals surface area contributed by atoms with Crippen LogP contribution in [0.15, 0.2) is 12.2 Å². The first-order valence-corrected chi connectivity index (χ1v) is 10.7. The van der Waals surface area contributed by atoms with Gasteiger partial charge in [0.1, 0.15) is 0 Å². The molecule has 0 bridgehead atoms. The van der Waals surface area contributed by atoms with Gasteiger partial charge in [-0.15, -0.1) is 0 Å². The first-order valence-electron chi connectivity index (χ1n) is 9.21. The van der Waals surface area contributed by atoms with Crippen molar-refractivity contribution in [2.24, 2.45) is 0 Å². The number of unbranched alkanes of at least 4 members (excludes halogenated alkanes) is 1. The molecule has 0 aliphatic carbocycles. The number of carbonyl (C=O) groups excluding carboxylic acids is 2. The second-order valence-corrected chi connectivity index (χ2v) is 8.62. The molecular formula is C16H15F13O8S. The molecule has 0 fully saturated rings. The summed E-state index contributed by atoms with van der Waals surface area (Å²) in [5, 5.41) is -6.08. The number of ether oxygens (including phenoxy) is 3. The van der Waals surface area contributed by atoms with Gasteiger partial charge < -0.3 is 14.2 Å². The monoisotopic (exact) mass is 614 g/mol. The lowest BCUT2D eigenvalue weighted by Crippen LogP contribution is -2.60. The molecule has 0 aromatic heterocycles. The van der Waals surface area contributed by atoms with E-state index in [0.717, 1.165) is 0 Å². The number of hydrogen-bond donors (Lipinski definition) is 1. The predicted molar refractivity (Wildman–Crippen MR) is 92.9 cm³/mol. The van der Waals surface area contributed by atoms with Crippen molar-refractivity contribution in [2.45, 2.75) is 67.8 Å². The van der Waals surface area contributed by atoms with Crippen LogP contribution >= 0.6 is 0 Å². The van der Waals surface area contributed by atoms with Crippen molar-refractivity contribution in [2.75, 3.05) is 6.61 Å². The molecule has 1 atom stereocenters. The summed E-state index contributed by atoms with van der Waals surface area (Å²) in [5.41, 5.74) is -1.01. The fraction of sp³-hybridized carbons (Fsp3) is 0.750. The number of hydrogen-bond acceptors (Lipinski definition) is 7. The Kier molecular flexibility index (Phi) is 10.7. The standard InChI is InChI=1S/C16H15F13O8S/c1-7(2)8(30)37-12(15(25,26)27,10(31)36-9(13(19,20)21)14(22,23)24)35-6-4-3-5-11(17,18)16(28,29)38(32,33)34/h9H,1,3-6H2,2H3,(H,32,33,34). The van der Waals surface area contributed by atoms with Crippen LogP contribution in [0.5, 0.6) is 0 Å². The fourth-order valence-electron chi connectivity index (χ4n) is 2.11. The molecule has 0 amide bonds. The lowest BCUT2D eigenvalue weighted by molar-refractivity contribution is -0.369. The summed E-state index contributed by atoms with van der Waals surface area (Å²) in [6.45, 7) is 1.57. The van der Waals surface area contributed by atoms with Crippen LogP contribution in [0.4, 0.5) is 57.1 Å². The first-order chi connectivity index (χ1) is 16.5. The Morgan fingerprint density at radius 3 is 1.66 bits per heavy atom. The van der Waals surface area contributed by atoms with Crippen LogP contribution in [-0.4, -0.2) is 73.1 Å². The van der Waals surface area contributed by atoms with Gasteiger partial charge in [0.2, 0.25) is 0 Å². The van der Waals surface area contributed by atoms with Gasteiger partial charge in [-0.1, -0.05) is 6.58 Å². The Labute approximate surface area is 203 Å². The Bertz CT molecular complexity index is 971. The molecule has 8 nitrogen and oxygen atoms in total. The van der Waals surface area contributed by atoms with Gasteiger partial charge in [0.25, 0.3) is 6.10 Å². The Morgan fingerprint density at radius 2 is 1.32 bits per heavy atom. The SMILES string of the molecule is C=C(C)C(=O)OC(OCCCCC(F)(F)C(F)(F)S(=O)(=O)O)(C(=O)OC(C(F)(F)F)C(F)(F)F)C(F)(F)F. The molecule has 0 aromatic carbocycles. The fourth-order valence-corrected chi connectivity index (χ4v) is 2.59. The van der Waals surface area contributed by atoms with Crippen LogP contribution < -0.4 is 0 Å². The van der Waals surface area contributed by atoms with Crippen molar-refractivity contribution < 1.29 is 93.8 Å². The van der Waals surface area contributed by atoms with Crippen LogP contribution in [0.1, 0.15) is 26.2 Å². The van der Waals surface area contributed by atoms with Gasteiger partial charge in [-0.25, -0.2) is 9.59 Å². The van der Waals surface area contributed by atoms with E-state index in [1.807, 2.05) is 0 Å². The summed E-state index contributed by atoms with van der Waals surface area (Å²) in [7, 11) is -6.69. The quantitative estimate of drug-likeness (QED) is 0.0840. The summed E-state index contributed by atoms with van der Waals surface area (Å²) in [6, 6.07) is 0. The second-order valence-electron chi connectivity index (χ2n) is 7.15. The maximum Gasteiger partial charge on any atom is 0.468 e. The van der Waals surface area contributed by atoms with Gasteiger partial charge in [-0.2, -0.15) is 65.5 Å². The largest absolute Gasteiger partial charge is 0.468 e. The van der Waals surface area contributed by atoms with Crippen molar-refractivity contribution in [1.82, 2.24) is 0 Å². The molecule has 38 heavy (non-hydrogen) atoms. The van der Waals surface area contributed by atoms with E-state index in [2.05, 4.69) is 20.8 Å². The molecule has 0 aliphatic rings. The molecule has 0 saturated heterocycles. The van der Waals surface area contributed by atoms with E-state index in [-0.39, 0.29) is 0 Å². The van der Waals surface area contributed by atoms with E-state index < -0.39 is 95.1 Å². The zero-order valence-electron chi connectivity index (χ0n) is 18.2. The lowest BCUT2D eigenvalue weighted by atomic mass is 10.1. The Balaban J connectivity index is 6.11. The molecule has 1 N–H and O–H groups in total.